The van der Waals surface area contributed by atoms with E-state index in [-0.39, 0.29) is 16.8 Å². The van der Waals surface area contributed by atoms with Crippen LogP contribution >= 0.6 is 11.6 Å². The quantitative estimate of drug-likeness (QED) is 0.884. The molecule has 5 nitrogen and oxygen atoms in total. The summed E-state index contributed by atoms with van der Waals surface area (Å²) in [6.45, 7) is 1.88. The van der Waals surface area contributed by atoms with Crippen molar-refractivity contribution in [1.29, 1.82) is 0 Å². The van der Waals surface area contributed by atoms with Crippen molar-refractivity contribution in [2.75, 3.05) is 5.32 Å². The Morgan fingerprint density at radius 2 is 2.12 bits per heavy atom. The number of rotatable bonds is 2. The van der Waals surface area contributed by atoms with Gasteiger partial charge in [-0.1, -0.05) is 11.6 Å². The summed E-state index contributed by atoms with van der Waals surface area (Å²) in [7, 11) is 0. The van der Waals surface area contributed by atoms with Gasteiger partial charge < -0.3 is 5.32 Å². The number of anilines is 1. The summed E-state index contributed by atoms with van der Waals surface area (Å²) < 4.78 is 0. The van der Waals surface area contributed by atoms with E-state index in [0.717, 1.165) is 5.56 Å². The summed E-state index contributed by atoms with van der Waals surface area (Å²) in [4.78, 5) is 15.7. The highest BCUT2D eigenvalue weighted by molar-refractivity contribution is 6.29. The van der Waals surface area contributed by atoms with Crippen LogP contribution in [0.4, 0.5) is 5.69 Å². The molecular weight excluding hydrogens is 240 g/mol. The highest BCUT2D eigenvalue weighted by Crippen LogP contribution is 2.12. The van der Waals surface area contributed by atoms with E-state index >= 15 is 0 Å². The third kappa shape index (κ3) is 2.76. The van der Waals surface area contributed by atoms with Gasteiger partial charge in [0.05, 0.1) is 11.9 Å². The molecule has 2 rings (SSSR count). The fourth-order valence-corrected chi connectivity index (χ4v) is 1.32. The second-order valence-electron chi connectivity index (χ2n) is 3.39. The van der Waals surface area contributed by atoms with Gasteiger partial charge in [-0.2, -0.15) is 0 Å². The minimum absolute atomic E-state index is 0.206. The van der Waals surface area contributed by atoms with Gasteiger partial charge in [0.1, 0.15) is 0 Å². The first-order valence-electron chi connectivity index (χ1n) is 4.88. The first-order chi connectivity index (χ1) is 8.16. The van der Waals surface area contributed by atoms with E-state index in [4.69, 9.17) is 11.6 Å². The summed E-state index contributed by atoms with van der Waals surface area (Å²) in [6, 6.07) is 4.83. The van der Waals surface area contributed by atoms with Gasteiger partial charge in [0.25, 0.3) is 5.91 Å². The van der Waals surface area contributed by atoms with Crippen molar-refractivity contribution in [3.05, 3.63) is 47.0 Å². The van der Waals surface area contributed by atoms with Gasteiger partial charge in [-0.15, -0.1) is 10.2 Å². The zero-order valence-electron chi connectivity index (χ0n) is 9.01. The molecule has 2 heterocycles. The molecule has 2 aromatic heterocycles. The average molecular weight is 249 g/mol. The number of amides is 1. The lowest BCUT2D eigenvalue weighted by Gasteiger charge is -2.06. The van der Waals surface area contributed by atoms with Crippen LogP contribution in [0.15, 0.2) is 30.6 Å². The smallest absolute Gasteiger partial charge is 0.276 e. The lowest BCUT2D eigenvalue weighted by molar-refractivity contribution is 0.102. The Kier molecular flexibility index (Phi) is 3.30. The van der Waals surface area contributed by atoms with Crippen LogP contribution in [0, 0.1) is 6.92 Å². The molecule has 6 heteroatoms. The van der Waals surface area contributed by atoms with Crippen molar-refractivity contribution in [3.63, 3.8) is 0 Å². The Morgan fingerprint density at radius 1 is 1.29 bits per heavy atom. The molecule has 86 valence electrons. The van der Waals surface area contributed by atoms with Crippen molar-refractivity contribution in [1.82, 2.24) is 15.2 Å². The molecule has 0 aliphatic rings. The van der Waals surface area contributed by atoms with Crippen LogP contribution in [0.3, 0.4) is 0 Å². The van der Waals surface area contributed by atoms with E-state index in [1.54, 1.807) is 12.4 Å². The van der Waals surface area contributed by atoms with Crippen LogP contribution in [0.2, 0.25) is 5.15 Å². The number of hydrogen-bond donors (Lipinski definition) is 1. The molecule has 0 saturated heterocycles. The van der Waals surface area contributed by atoms with Gasteiger partial charge in [-0.05, 0) is 30.7 Å². The maximum atomic E-state index is 11.8. The van der Waals surface area contributed by atoms with Crippen LogP contribution in [-0.4, -0.2) is 21.1 Å². The number of halogens is 1. The van der Waals surface area contributed by atoms with E-state index in [0.29, 0.717) is 5.69 Å². The molecule has 0 fully saturated rings. The van der Waals surface area contributed by atoms with Gasteiger partial charge in [0.2, 0.25) is 0 Å². The second kappa shape index (κ2) is 4.88. The Morgan fingerprint density at radius 3 is 2.76 bits per heavy atom. The van der Waals surface area contributed by atoms with Gasteiger partial charge in [0.15, 0.2) is 10.8 Å². The number of aromatic nitrogens is 3. The topological polar surface area (TPSA) is 67.8 Å². The van der Waals surface area contributed by atoms with E-state index in [9.17, 15) is 4.79 Å². The van der Waals surface area contributed by atoms with Crippen LogP contribution < -0.4 is 5.32 Å². The molecule has 2 aromatic rings. The molecule has 0 unspecified atom stereocenters. The summed E-state index contributed by atoms with van der Waals surface area (Å²) in [5, 5.41) is 10.2. The maximum Gasteiger partial charge on any atom is 0.276 e. The Balaban J connectivity index is 2.17. The largest absolute Gasteiger partial charge is 0.319 e. The van der Waals surface area contributed by atoms with Crippen molar-refractivity contribution in [2.45, 2.75) is 6.92 Å². The third-order valence-corrected chi connectivity index (χ3v) is 2.35. The van der Waals surface area contributed by atoms with Gasteiger partial charge in [-0.3, -0.25) is 9.78 Å². The van der Waals surface area contributed by atoms with Crippen molar-refractivity contribution in [2.24, 2.45) is 0 Å². The Labute approximate surface area is 103 Å². The van der Waals surface area contributed by atoms with Gasteiger partial charge >= 0.3 is 0 Å². The van der Waals surface area contributed by atoms with Crippen LogP contribution in [0.25, 0.3) is 0 Å². The Hall–Kier alpha value is -2.01. The highest BCUT2D eigenvalue weighted by Gasteiger charge is 2.09. The molecule has 1 amide bonds. The lowest BCUT2D eigenvalue weighted by atomic mass is 10.2. The summed E-state index contributed by atoms with van der Waals surface area (Å²) in [6.07, 6.45) is 3.24. The van der Waals surface area contributed by atoms with E-state index in [1.807, 2.05) is 13.0 Å². The lowest BCUT2D eigenvalue weighted by Crippen LogP contribution is -2.15. The monoisotopic (exact) mass is 248 g/mol. The number of aryl methyl sites for hydroxylation is 1. The number of carbonyl (C=O) groups excluding carboxylic acids is 1. The number of hydrogen-bond acceptors (Lipinski definition) is 4. The molecule has 0 spiro atoms. The standard InChI is InChI=1S/C11H9ClN4O/c1-7-4-5-13-6-9(7)14-11(17)8-2-3-10(12)16-15-8/h2-6H,1H3,(H,14,17). The molecule has 0 saturated carbocycles. The fourth-order valence-electron chi connectivity index (χ4n) is 1.22. The zero-order valence-corrected chi connectivity index (χ0v) is 9.77. The number of nitrogens with zero attached hydrogens (tertiary/aromatic N) is 3. The summed E-state index contributed by atoms with van der Waals surface area (Å²) >= 11 is 5.59. The molecular formula is C11H9ClN4O. The predicted octanol–water partition coefficient (Wildman–Crippen LogP) is 2.09. The number of pyridine rings is 1. The average Bonchev–Trinajstić information content (AvgIpc) is 2.33. The molecule has 0 bridgehead atoms. The highest BCUT2D eigenvalue weighted by atomic mass is 35.5. The predicted molar refractivity (Wildman–Crippen MR) is 64.0 cm³/mol. The van der Waals surface area contributed by atoms with Crippen LogP contribution in [0.1, 0.15) is 16.1 Å². The van der Waals surface area contributed by atoms with Crippen LogP contribution in [-0.2, 0) is 0 Å². The molecule has 0 aliphatic carbocycles. The Bertz CT molecular complexity index is 541. The molecule has 17 heavy (non-hydrogen) atoms. The van der Waals surface area contributed by atoms with Crippen molar-refractivity contribution in [3.8, 4) is 0 Å². The second-order valence-corrected chi connectivity index (χ2v) is 3.77. The normalized spacial score (nSPS) is 10.0. The minimum Gasteiger partial charge on any atom is -0.319 e. The fraction of sp³-hybridized carbons (Fsp3) is 0.0909. The number of nitrogens with one attached hydrogen (secondary N) is 1. The maximum absolute atomic E-state index is 11.8. The minimum atomic E-state index is -0.342. The molecule has 0 radical (unpaired) electrons. The zero-order chi connectivity index (χ0) is 12.3. The van der Waals surface area contributed by atoms with Crippen molar-refractivity contribution < 1.29 is 4.79 Å². The molecule has 0 aliphatic heterocycles. The SMILES string of the molecule is Cc1ccncc1NC(=O)c1ccc(Cl)nn1. The van der Waals surface area contributed by atoms with E-state index < -0.39 is 0 Å². The summed E-state index contributed by atoms with van der Waals surface area (Å²) in [5.74, 6) is -0.342. The number of carbonyl (C=O) groups is 1. The van der Waals surface area contributed by atoms with E-state index in [1.165, 1.54) is 12.1 Å². The van der Waals surface area contributed by atoms with Crippen LogP contribution in [0.5, 0.6) is 0 Å². The first kappa shape index (κ1) is 11.5. The third-order valence-electron chi connectivity index (χ3n) is 2.15. The van der Waals surface area contributed by atoms with Gasteiger partial charge in [0, 0.05) is 6.20 Å². The molecule has 0 aromatic carbocycles. The summed E-state index contributed by atoms with van der Waals surface area (Å²) in [5.41, 5.74) is 1.78. The molecule has 0 atom stereocenters. The van der Waals surface area contributed by atoms with Gasteiger partial charge in [-0.25, -0.2) is 0 Å². The van der Waals surface area contributed by atoms with Crippen molar-refractivity contribution >= 4 is 23.2 Å². The first-order valence-corrected chi connectivity index (χ1v) is 5.26. The molecule has 1 N–H and O–H groups in total. The van der Waals surface area contributed by atoms with E-state index in [2.05, 4.69) is 20.5 Å².